The van der Waals surface area contributed by atoms with Crippen LogP contribution in [-0.4, -0.2) is 20.8 Å². The standard InChI is InChI=1S/C13H25NOS/c1-10-4-2-6-12(8-10)16(15)13-7-3-5-11(14)9-13/h10-13H,2-9,14H2,1H3. The molecule has 2 saturated carbocycles. The third-order valence-corrected chi connectivity index (χ3v) is 6.38. The van der Waals surface area contributed by atoms with Gasteiger partial charge in [0.1, 0.15) is 0 Å². The first-order valence-corrected chi connectivity index (χ1v) is 8.09. The molecule has 2 aliphatic rings. The van der Waals surface area contributed by atoms with Crippen LogP contribution in [0, 0.1) is 5.92 Å². The van der Waals surface area contributed by atoms with E-state index in [1.165, 1.54) is 32.1 Å². The molecule has 2 rings (SSSR count). The molecule has 94 valence electrons. The van der Waals surface area contributed by atoms with E-state index < -0.39 is 10.8 Å². The highest BCUT2D eigenvalue weighted by molar-refractivity contribution is 7.86. The van der Waals surface area contributed by atoms with Crippen LogP contribution in [0.2, 0.25) is 0 Å². The maximum Gasteiger partial charge on any atom is 0.0365 e. The molecule has 0 aromatic heterocycles. The van der Waals surface area contributed by atoms with Gasteiger partial charge in [-0.05, 0) is 38.0 Å². The Hall–Kier alpha value is 0.110. The maximum atomic E-state index is 12.5. The Bertz CT molecular complexity index is 232. The van der Waals surface area contributed by atoms with Crippen molar-refractivity contribution in [3.05, 3.63) is 0 Å². The molecule has 2 aliphatic carbocycles. The zero-order valence-corrected chi connectivity index (χ0v) is 11.2. The molecule has 0 spiro atoms. The summed E-state index contributed by atoms with van der Waals surface area (Å²) < 4.78 is 12.5. The van der Waals surface area contributed by atoms with E-state index in [1.807, 2.05) is 0 Å². The molecule has 3 heteroatoms. The van der Waals surface area contributed by atoms with Crippen LogP contribution in [0.4, 0.5) is 0 Å². The second kappa shape index (κ2) is 5.63. The molecule has 0 radical (unpaired) electrons. The van der Waals surface area contributed by atoms with Gasteiger partial charge < -0.3 is 5.73 Å². The van der Waals surface area contributed by atoms with Crippen LogP contribution >= 0.6 is 0 Å². The predicted octanol–water partition coefficient (Wildman–Crippen LogP) is 2.58. The minimum absolute atomic E-state index is 0.309. The van der Waals surface area contributed by atoms with Gasteiger partial charge in [-0.2, -0.15) is 0 Å². The number of hydrogen-bond acceptors (Lipinski definition) is 2. The summed E-state index contributed by atoms with van der Waals surface area (Å²) in [6.07, 6.45) is 9.42. The molecule has 5 unspecified atom stereocenters. The van der Waals surface area contributed by atoms with Gasteiger partial charge in [-0.3, -0.25) is 4.21 Å². The first-order valence-electron chi connectivity index (χ1n) is 6.81. The summed E-state index contributed by atoms with van der Waals surface area (Å²) in [6, 6.07) is 0.309. The van der Waals surface area contributed by atoms with Crippen LogP contribution in [0.5, 0.6) is 0 Å². The van der Waals surface area contributed by atoms with Gasteiger partial charge in [0.2, 0.25) is 0 Å². The molecule has 0 bridgehead atoms. The van der Waals surface area contributed by atoms with Crippen LogP contribution in [0.1, 0.15) is 58.3 Å². The van der Waals surface area contributed by atoms with E-state index in [4.69, 9.17) is 5.73 Å². The molecule has 0 saturated heterocycles. The van der Waals surface area contributed by atoms with Crippen molar-refractivity contribution < 1.29 is 4.21 Å². The van der Waals surface area contributed by atoms with E-state index in [9.17, 15) is 4.21 Å². The Balaban J connectivity index is 1.90. The molecule has 0 aromatic rings. The van der Waals surface area contributed by atoms with Gasteiger partial charge in [-0.25, -0.2) is 0 Å². The third-order valence-electron chi connectivity index (χ3n) is 4.21. The zero-order valence-electron chi connectivity index (χ0n) is 10.4. The van der Waals surface area contributed by atoms with Crippen molar-refractivity contribution in [2.45, 2.75) is 74.8 Å². The Morgan fingerprint density at radius 3 is 2.25 bits per heavy atom. The van der Waals surface area contributed by atoms with Crippen LogP contribution in [0.3, 0.4) is 0 Å². The van der Waals surface area contributed by atoms with Gasteiger partial charge >= 0.3 is 0 Å². The first kappa shape index (κ1) is 12.6. The largest absolute Gasteiger partial charge is 0.328 e. The van der Waals surface area contributed by atoms with Gasteiger partial charge in [0.25, 0.3) is 0 Å². The Labute approximate surface area is 102 Å². The molecule has 2 N–H and O–H groups in total. The highest BCUT2D eigenvalue weighted by Gasteiger charge is 2.31. The summed E-state index contributed by atoms with van der Waals surface area (Å²) in [6.45, 7) is 2.30. The van der Waals surface area contributed by atoms with Crippen LogP contribution in [0.15, 0.2) is 0 Å². The van der Waals surface area contributed by atoms with E-state index in [0.717, 1.165) is 25.2 Å². The van der Waals surface area contributed by atoms with Crippen molar-refractivity contribution in [3.8, 4) is 0 Å². The lowest BCUT2D eigenvalue weighted by Crippen LogP contribution is -2.37. The lowest BCUT2D eigenvalue weighted by molar-refractivity contribution is 0.383. The molecule has 2 nitrogen and oxygen atoms in total. The fraction of sp³-hybridized carbons (Fsp3) is 1.00. The van der Waals surface area contributed by atoms with E-state index in [2.05, 4.69) is 6.92 Å². The SMILES string of the molecule is CC1CCCC(S(=O)C2CCCC(N)C2)C1. The Morgan fingerprint density at radius 1 is 1.00 bits per heavy atom. The molecule has 5 atom stereocenters. The van der Waals surface area contributed by atoms with Crippen LogP contribution in [0.25, 0.3) is 0 Å². The third kappa shape index (κ3) is 3.07. The van der Waals surface area contributed by atoms with Crippen molar-refractivity contribution in [3.63, 3.8) is 0 Å². The molecule has 2 fully saturated rings. The van der Waals surface area contributed by atoms with Crippen molar-refractivity contribution >= 4 is 10.8 Å². The monoisotopic (exact) mass is 243 g/mol. The fourth-order valence-electron chi connectivity index (χ4n) is 3.25. The van der Waals surface area contributed by atoms with Gasteiger partial charge in [-0.1, -0.05) is 26.2 Å². The quantitative estimate of drug-likeness (QED) is 0.810. The summed E-state index contributed by atoms with van der Waals surface area (Å²) in [4.78, 5) is 0. The second-order valence-electron chi connectivity index (χ2n) is 5.77. The van der Waals surface area contributed by atoms with E-state index in [0.29, 0.717) is 16.5 Å². The number of rotatable bonds is 2. The summed E-state index contributed by atoms with van der Waals surface area (Å²) in [5.74, 6) is 0.778. The maximum absolute atomic E-state index is 12.5. The van der Waals surface area contributed by atoms with E-state index >= 15 is 0 Å². The first-order chi connectivity index (χ1) is 7.66. The topological polar surface area (TPSA) is 43.1 Å². The molecule has 0 aliphatic heterocycles. The lowest BCUT2D eigenvalue weighted by atomic mass is 9.90. The summed E-state index contributed by atoms with van der Waals surface area (Å²) >= 11 is 0. The van der Waals surface area contributed by atoms with Crippen LogP contribution < -0.4 is 5.73 Å². The molecular formula is C13H25NOS. The van der Waals surface area contributed by atoms with Gasteiger partial charge in [0, 0.05) is 27.3 Å². The zero-order chi connectivity index (χ0) is 11.5. The molecule has 16 heavy (non-hydrogen) atoms. The summed E-state index contributed by atoms with van der Waals surface area (Å²) in [5, 5.41) is 0.873. The second-order valence-corrected chi connectivity index (χ2v) is 7.76. The van der Waals surface area contributed by atoms with Gasteiger partial charge in [0.05, 0.1) is 0 Å². The molecule has 0 amide bonds. The smallest absolute Gasteiger partial charge is 0.0365 e. The summed E-state index contributed by atoms with van der Waals surface area (Å²) in [5.41, 5.74) is 5.99. The van der Waals surface area contributed by atoms with Crippen molar-refractivity contribution in [1.82, 2.24) is 0 Å². The highest BCUT2D eigenvalue weighted by Crippen LogP contribution is 2.31. The minimum atomic E-state index is -0.614. The average Bonchev–Trinajstić information content (AvgIpc) is 2.28. The van der Waals surface area contributed by atoms with Gasteiger partial charge in [-0.15, -0.1) is 0 Å². The number of hydrogen-bond donors (Lipinski definition) is 1. The van der Waals surface area contributed by atoms with Crippen molar-refractivity contribution in [1.29, 1.82) is 0 Å². The fourth-order valence-corrected chi connectivity index (χ4v) is 5.55. The lowest BCUT2D eigenvalue weighted by Gasteiger charge is -2.32. The van der Waals surface area contributed by atoms with E-state index in [-0.39, 0.29) is 0 Å². The highest BCUT2D eigenvalue weighted by atomic mass is 32.2. The van der Waals surface area contributed by atoms with E-state index in [1.54, 1.807) is 0 Å². The van der Waals surface area contributed by atoms with Crippen molar-refractivity contribution in [2.75, 3.05) is 0 Å². The normalized spacial score (nSPS) is 42.9. The van der Waals surface area contributed by atoms with Crippen molar-refractivity contribution in [2.24, 2.45) is 11.7 Å². The number of nitrogens with two attached hydrogens (primary N) is 1. The van der Waals surface area contributed by atoms with Gasteiger partial charge in [0.15, 0.2) is 0 Å². The van der Waals surface area contributed by atoms with Crippen LogP contribution in [-0.2, 0) is 10.8 Å². The minimum Gasteiger partial charge on any atom is -0.328 e. The summed E-state index contributed by atoms with van der Waals surface area (Å²) in [7, 11) is -0.614. The Kier molecular flexibility index (Phi) is 4.42. The molecular weight excluding hydrogens is 218 g/mol. The molecule has 0 aromatic carbocycles. The Morgan fingerprint density at radius 2 is 1.62 bits per heavy atom. The average molecular weight is 243 g/mol. The molecule has 0 heterocycles. The predicted molar refractivity (Wildman–Crippen MR) is 69.8 cm³/mol.